The van der Waals surface area contributed by atoms with Gasteiger partial charge in [-0.05, 0) is 35.4 Å². The zero-order valence-electron chi connectivity index (χ0n) is 14.0. The zero-order chi connectivity index (χ0) is 18.5. The number of sulfonamides is 1. The molecule has 2 aromatic carbocycles. The molecule has 1 saturated carbocycles. The molecule has 4 rings (SSSR count). The fourth-order valence-corrected chi connectivity index (χ4v) is 4.03. The number of nitrogens with one attached hydrogen (secondary N) is 1. The maximum absolute atomic E-state index is 12.3. The number of Topliss-reactive ketones (excluding diaryl/α,β-unsaturated/α-hetero) is 2. The first-order chi connectivity index (χ1) is 12.3. The maximum atomic E-state index is 12.3. The first-order valence-electron chi connectivity index (χ1n) is 8.16. The quantitative estimate of drug-likeness (QED) is 0.709. The standard InChI is InChI=1S/C18H16N2O5S/c1-26(23,24)20-11-3-5-13-10(8-11)2-7-16-17(13)18(19-25-16)14-6-4-12(21)9-15(14)22/h2-3,5,7-8,14,20H,4,6,9H2,1H3/t14-/m0/s1. The van der Waals surface area contributed by atoms with Gasteiger partial charge in [-0.1, -0.05) is 17.3 Å². The molecule has 7 nitrogen and oxygen atoms in total. The summed E-state index contributed by atoms with van der Waals surface area (Å²) in [4.78, 5) is 23.8. The zero-order valence-corrected chi connectivity index (χ0v) is 14.8. The van der Waals surface area contributed by atoms with Crippen LogP contribution in [-0.4, -0.2) is 31.4 Å². The molecule has 1 aromatic heterocycles. The lowest BCUT2D eigenvalue weighted by Crippen LogP contribution is -2.23. The van der Waals surface area contributed by atoms with E-state index in [2.05, 4.69) is 9.88 Å². The number of anilines is 1. The van der Waals surface area contributed by atoms with Crippen molar-refractivity contribution in [2.75, 3.05) is 11.0 Å². The highest BCUT2D eigenvalue weighted by molar-refractivity contribution is 7.92. The van der Waals surface area contributed by atoms with E-state index < -0.39 is 15.9 Å². The molecule has 0 unspecified atom stereocenters. The van der Waals surface area contributed by atoms with Gasteiger partial charge in [0.2, 0.25) is 10.0 Å². The topological polar surface area (TPSA) is 106 Å². The Labute approximate surface area is 149 Å². The molecule has 1 N–H and O–H groups in total. The van der Waals surface area contributed by atoms with Gasteiger partial charge in [0.25, 0.3) is 0 Å². The summed E-state index contributed by atoms with van der Waals surface area (Å²) in [7, 11) is -3.37. The molecular formula is C18H16N2O5S. The van der Waals surface area contributed by atoms with E-state index in [1.807, 2.05) is 6.07 Å². The van der Waals surface area contributed by atoms with E-state index in [4.69, 9.17) is 4.52 Å². The van der Waals surface area contributed by atoms with E-state index in [1.165, 1.54) is 0 Å². The average molecular weight is 372 g/mol. The van der Waals surface area contributed by atoms with Crippen molar-refractivity contribution in [3.8, 4) is 0 Å². The van der Waals surface area contributed by atoms with Gasteiger partial charge in [0.15, 0.2) is 5.58 Å². The van der Waals surface area contributed by atoms with Gasteiger partial charge in [-0.2, -0.15) is 0 Å². The Morgan fingerprint density at radius 2 is 2.00 bits per heavy atom. The van der Waals surface area contributed by atoms with Crippen molar-refractivity contribution in [1.82, 2.24) is 5.16 Å². The van der Waals surface area contributed by atoms with Gasteiger partial charge >= 0.3 is 0 Å². The molecule has 26 heavy (non-hydrogen) atoms. The Hall–Kier alpha value is -2.74. The van der Waals surface area contributed by atoms with Gasteiger partial charge in [-0.25, -0.2) is 8.42 Å². The van der Waals surface area contributed by atoms with Crippen LogP contribution >= 0.6 is 0 Å². The van der Waals surface area contributed by atoms with Crippen molar-refractivity contribution >= 4 is 49.0 Å². The lowest BCUT2D eigenvalue weighted by atomic mass is 9.83. The second-order valence-electron chi connectivity index (χ2n) is 6.59. The number of nitrogens with zero attached hydrogens (tertiary/aromatic N) is 1. The molecular weight excluding hydrogens is 356 g/mol. The molecule has 0 saturated heterocycles. The number of aromatic nitrogens is 1. The Kier molecular flexibility index (Phi) is 3.80. The van der Waals surface area contributed by atoms with Crippen molar-refractivity contribution in [2.45, 2.75) is 25.2 Å². The van der Waals surface area contributed by atoms with E-state index in [0.29, 0.717) is 29.8 Å². The Bertz CT molecular complexity index is 1160. The monoisotopic (exact) mass is 372 g/mol. The van der Waals surface area contributed by atoms with Gasteiger partial charge in [0.1, 0.15) is 17.3 Å². The number of benzene rings is 2. The van der Waals surface area contributed by atoms with Crippen LogP contribution in [0.15, 0.2) is 34.9 Å². The minimum Gasteiger partial charge on any atom is -0.356 e. The summed E-state index contributed by atoms with van der Waals surface area (Å²) in [6, 6.07) is 8.72. The summed E-state index contributed by atoms with van der Waals surface area (Å²) in [6.07, 6.45) is 1.82. The smallest absolute Gasteiger partial charge is 0.229 e. The Balaban J connectivity index is 1.85. The lowest BCUT2D eigenvalue weighted by Gasteiger charge is -2.18. The second kappa shape index (κ2) is 5.91. The molecule has 0 amide bonds. The van der Waals surface area contributed by atoms with Crippen LogP contribution in [0.25, 0.3) is 21.7 Å². The number of rotatable bonds is 3. The molecule has 1 fully saturated rings. The molecule has 0 bridgehead atoms. The number of hydrogen-bond acceptors (Lipinski definition) is 6. The normalized spacial score (nSPS) is 18.6. The molecule has 8 heteroatoms. The van der Waals surface area contributed by atoms with Gasteiger partial charge in [-0.15, -0.1) is 0 Å². The van der Waals surface area contributed by atoms with Crippen LogP contribution in [0.4, 0.5) is 5.69 Å². The Morgan fingerprint density at radius 1 is 1.19 bits per heavy atom. The summed E-state index contributed by atoms with van der Waals surface area (Å²) < 4.78 is 30.7. The Morgan fingerprint density at radius 3 is 2.73 bits per heavy atom. The van der Waals surface area contributed by atoms with Crippen molar-refractivity contribution in [2.24, 2.45) is 0 Å². The molecule has 0 radical (unpaired) electrons. The number of carbonyl (C=O) groups is 2. The molecule has 0 aliphatic heterocycles. The van der Waals surface area contributed by atoms with Crippen LogP contribution in [0.5, 0.6) is 0 Å². The summed E-state index contributed by atoms with van der Waals surface area (Å²) >= 11 is 0. The number of ketones is 2. The van der Waals surface area contributed by atoms with Crippen molar-refractivity contribution < 1.29 is 22.5 Å². The third-order valence-electron chi connectivity index (χ3n) is 4.59. The van der Waals surface area contributed by atoms with Crippen LogP contribution in [0.3, 0.4) is 0 Å². The van der Waals surface area contributed by atoms with E-state index >= 15 is 0 Å². The molecule has 134 valence electrons. The highest BCUT2D eigenvalue weighted by Gasteiger charge is 2.32. The van der Waals surface area contributed by atoms with Crippen LogP contribution in [0.1, 0.15) is 30.9 Å². The van der Waals surface area contributed by atoms with Crippen LogP contribution in [-0.2, 0) is 19.6 Å². The van der Waals surface area contributed by atoms with Crippen LogP contribution < -0.4 is 4.72 Å². The highest BCUT2D eigenvalue weighted by Crippen LogP contribution is 2.37. The molecule has 1 atom stereocenters. The van der Waals surface area contributed by atoms with Crippen molar-refractivity contribution in [3.05, 3.63) is 36.0 Å². The number of fused-ring (bicyclic) bond motifs is 3. The van der Waals surface area contributed by atoms with E-state index in [9.17, 15) is 18.0 Å². The van der Waals surface area contributed by atoms with Gasteiger partial charge in [-0.3, -0.25) is 14.3 Å². The van der Waals surface area contributed by atoms with Crippen molar-refractivity contribution in [3.63, 3.8) is 0 Å². The third-order valence-corrected chi connectivity index (χ3v) is 5.19. The van der Waals surface area contributed by atoms with E-state index in [-0.39, 0.29) is 18.0 Å². The fourth-order valence-electron chi connectivity index (χ4n) is 3.47. The molecule has 3 aromatic rings. The predicted octanol–water partition coefficient (Wildman–Crippen LogP) is 2.76. The first-order valence-corrected chi connectivity index (χ1v) is 10.1. The number of hydrogen-bond donors (Lipinski definition) is 1. The molecule has 0 spiro atoms. The van der Waals surface area contributed by atoms with Gasteiger partial charge < -0.3 is 4.52 Å². The van der Waals surface area contributed by atoms with Crippen LogP contribution in [0.2, 0.25) is 0 Å². The summed E-state index contributed by atoms with van der Waals surface area (Å²) in [5.74, 6) is -0.627. The predicted molar refractivity (Wildman–Crippen MR) is 96.6 cm³/mol. The largest absolute Gasteiger partial charge is 0.356 e. The fraction of sp³-hybridized carbons (Fsp3) is 0.278. The number of carbonyl (C=O) groups excluding carboxylic acids is 2. The molecule has 1 aliphatic carbocycles. The van der Waals surface area contributed by atoms with Gasteiger partial charge in [0.05, 0.1) is 24.0 Å². The maximum Gasteiger partial charge on any atom is 0.229 e. The van der Waals surface area contributed by atoms with E-state index in [1.54, 1.807) is 24.3 Å². The molecule has 1 aliphatic rings. The summed E-state index contributed by atoms with van der Waals surface area (Å²) in [6.45, 7) is 0. The average Bonchev–Trinajstić information content (AvgIpc) is 2.97. The highest BCUT2D eigenvalue weighted by atomic mass is 32.2. The minimum absolute atomic E-state index is 0.0413. The SMILES string of the molecule is CS(=O)(=O)Nc1ccc2c(ccc3onc([C@H]4CCC(=O)CC4=O)c32)c1. The second-order valence-corrected chi connectivity index (χ2v) is 8.34. The van der Waals surface area contributed by atoms with Crippen molar-refractivity contribution in [1.29, 1.82) is 0 Å². The summed E-state index contributed by atoms with van der Waals surface area (Å²) in [5, 5.41) is 6.47. The summed E-state index contributed by atoms with van der Waals surface area (Å²) in [5.41, 5.74) is 1.56. The lowest BCUT2D eigenvalue weighted by molar-refractivity contribution is -0.130. The minimum atomic E-state index is -3.37. The van der Waals surface area contributed by atoms with Crippen LogP contribution in [0, 0.1) is 0 Å². The van der Waals surface area contributed by atoms with Gasteiger partial charge in [0, 0.05) is 12.1 Å². The third kappa shape index (κ3) is 2.96. The van der Waals surface area contributed by atoms with E-state index in [0.717, 1.165) is 22.4 Å². The molecule has 1 heterocycles. The first kappa shape index (κ1) is 16.7.